The van der Waals surface area contributed by atoms with E-state index in [2.05, 4.69) is 0 Å². The van der Waals surface area contributed by atoms with Gasteiger partial charge in [0.05, 0.1) is 24.6 Å². The molecule has 0 aliphatic rings. The average molecular weight is 410 g/mol. The van der Waals surface area contributed by atoms with E-state index in [0.717, 1.165) is 0 Å². The minimum atomic E-state index is -4.92. The third-order valence-electron chi connectivity index (χ3n) is 2.38. The first-order valence-electron chi connectivity index (χ1n) is 6.29. The largest absolute Gasteiger partial charge is 0.726 e. The molecule has 1 aromatic heterocycles. The second-order valence-electron chi connectivity index (χ2n) is 4.60. The third kappa shape index (κ3) is 17.3. The number of aryl methyl sites for hydroxylation is 2. The summed E-state index contributed by atoms with van der Waals surface area (Å²) in [6.45, 7) is 0.871. The van der Waals surface area contributed by atoms with E-state index in [1.165, 1.54) is 0 Å². The van der Waals surface area contributed by atoms with Crippen molar-refractivity contribution in [1.82, 2.24) is 4.57 Å². The molecule has 3 N–H and O–H groups in total. The van der Waals surface area contributed by atoms with Crippen molar-refractivity contribution >= 4 is 30.6 Å². The standard InChI is InChI=1S/C9H16N2O6S2.H2O4S/c12-18(13,14)7-1-3-10-5-6-11(9-10)4-2-8-19(15,16)17;1-5(2,3)4/h5-6,9H,1-4,7-8H2,(H-,12,13,14,15,16,17);(H2,1,2,3,4). The van der Waals surface area contributed by atoms with Crippen LogP contribution in [0.4, 0.5) is 0 Å². The topological polar surface area (TPSA) is 195 Å². The number of hydrogen-bond acceptors (Lipinski definition) is 7. The lowest BCUT2D eigenvalue weighted by atomic mass is 10.5. The molecule has 12 nitrogen and oxygen atoms in total. The summed E-state index contributed by atoms with van der Waals surface area (Å²) in [5.41, 5.74) is 0. The number of aromatic nitrogens is 2. The predicted octanol–water partition coefficient (Wildman–Crippen LogP) is -1.66. The SMILES string of the molecule is O=S(=O)(O)CCCn1cc[n+](CCCS(=O)(=O)O)c1.O=S(=O)([O-])O. The van der Waals surface area contributed by atoms with Crippen molar-refractivity contribution in [2.45, 2.75) is 25.9 Å². The smallest absolute Gasteiger partial charge is 0.265 e. The molecule has 1 aromatic rings. The molecule has 1 rings (SSSR count). The summed E-state index contributed by atoms with van der Waals surface area (Å²) >= 11 is 0. The van der Waals surface area contributed by atoms with Crippen LogP contribution in [0, 0.1) is 0 Å². The van der Waals surface area contributed by atoms with Crippen LogP contribution in [0.5, 0.6) is 0 Å². The lowest BCUT2D eigenvalue weighted by molar-refractivity contribution is -0.696. The minimum absolute atomic E-state index is 0.290. The van der Waals surface area contributed by atoms with Gasteiger partial charge in [-0.25, -0.2) is 17.6 Å². The van der Waals surface area contributed by atoms with Crippen LogP contribution >= 0.6 is 0 Å². The first-order chi connectivity index (χ1) is 10.7. The highest BCUT2D eigenvalue weighted by molar-refractivity contribution is 7.86. The summed E-state index contributed by atoms with van der Waals surface area (Å²) in [7, 11) is -12.8. The monoisotopic (exact) mass is 410 g/mol. The molecule has 0 spiro atoms. The zero-order valence-corrected chi connectivity index (χ0v) is 14.7. The first kappa shape index (κ1) is 22.9. The van der Waals surface area contributed by atoms with Gasteiger partial charge in [0.2, 0.25) is 16.7 Å². The Hall–Kier alpha value is -1.10. The van der Waals surface area contributed by atoms with Gasteiger partial charge in [-0.05, 0) is 0 Å². The molecule has 0 saturated carbocycles. The van der Waals surface area contributed by atoms with E-state index in [1.807, 2.05) is 0 Å². The van der Waals surface area contributed by atoms with Gasteiger partial charge in [-0.2, -0.15) is 16.8 Å². The van der Waals surface area contributed by atoms with Crippen LogP contribution in [0.3, 0.4) is 0 Å². The Bertz CT molecular complexity index is 749. The Morgan fingerprint density at radius 3 is 1.83 bits per heavy atom. The molecule has 0 aliphatic carbocycles. The van der Waals surface area contributed by atoms with Crippen LogP contribution in [-0.2, 0) is 43.7 Å². The third-order valence-corrected chi connectivity index (χ3v) is 3.99. The second-order valence-corrected chi connectivity index (χ2v) is 8.60. The fourth-order valence-corrected chi connectivity index (χ4v) is 2.55. The molecule has 0 fully saturated rings. The Morgan fingerprint density at radius 2 is 1.38 bits per heavy atom. The highest BCUT2D eigenvalue weighted by atomic mass is 32.3. The van der Waals surface area contributed by atoms with E-state index < -0.39 is 30.6 Å². The number of rotatable bonds is 8. The highest BCUT2D eigenvalue weighted by Gasteiger charge is 2.09. The molecule has 0 saturated heterocycles. The summed E-state index contributed by atoms with van der Waals surface area (Å²) in [5, 5.41) is 0. The van der Waals surface area contributed by atoms with Crippen molar-refractivity contribution in [2.24, 2.45) is 0 Å². The normalized spacial score (nSPS) is 12.5. The fourth-order valence-electron chi connectivity index (χ4n) is 1.56. The molecule has 0 radical (unpaired) electrons. The summed E-state index contributed by atoms with van der Waals surface area (Å²) in [5.74, 6) is -0.595. The van der Waals surface area contributed by atoms with Crippen LogP contribution in [0.25, 0.3) is 0 Å². The zero-order valence-electron chi connectivity index (χ0n) is 12.3. The molecule has 1 heterocycles. The van der Waals surface area contributed by atoms with Gasteiger partial charge in [0.25, 0.3) is 20.2 Å². The molecule has 24 heavy (non-hydrogen) atoms. The maximum Gasteiger partial charge on any atom is 0.265 e. The Morgan fingerprint density at radius 1 is 0.917 bits per heavy atom. The van der Waals surface area contributed by atoms with E-state index in [-0.39, 0.29) is 11.5 Å². The van der Waals surface area contributed by atoms with Crippen molar-refractivity contribution in [2.75, 3.05) is 11.5 Å². The van der Waals surface area contributed by atoms with Gasteiger partial charge in [-0.3, -0.25) is 13.7 Å². The molecule has 0 aliphatic heterocycles. The fraction of sp³-hybridized carbons (Fsp3) is 0.667. The van der Waals surface area contributed by atoms with E-state index in [9.17, 15) is 16.8 Å². The van der Waals surface area contributed by atoms with Gasteiger partial charge in [-0.1, -0.05) is 0 Å². The van der Waals surface area contributed by atoms with Crippen LogP contribution < -0.4 is 4.57 Å². The Kier molecular flexibility index (Phi) is 8.97. The summed E-state index contributed by atoms with van der Waals surface area (Å²) in [6, 6.07) is 0. The van der Waals surface area contributed by atoms with Crippen molar-refractivity contribution < 1.29 is 48.0 Å². The summed E-state index contributed by atoms with van der Waals surface area (Å²) < 4.78 is 95.5. The van der Waals surface area contributed by atoms with Crippen molar-refractivity contribution in [1.29, 1.82) is 0 Å². The Labute approximate surface area is 139 Å². The van der Waals surface area contributed by atoms with Crippen LogP contribution in [0.1, 0.15) is 12.8 Å². The zero-order chi connectivity index (χ0) is 19.0. The molecule has 15 heteroatoms. The van der Waals surface area contributed by atoms with Gasteiger partial charge in [0.1, 0.15) is 12.4 Å². The van der Waals surface area contributed by atoms with E-state index in [4.69, 9.17) is 26.6 Å². The van der Waals surface area contributed by atoms with E-state index in [0.29, 0.717) is 25.9 Å². The van der Waals surface area contributed by atoms with Gasteiger partial charge in [0.15, 0.2) is 0 Å². The molecule has 0 bridgehead atoms. The summed E-state index contributed by atoms with van der Waals surface area (Å²) in [4.78, 5) is 0. The van der Waals surface area contributed by atoms with Gasteiger partial charge in [0, 0.05) is 12.8 Å². The van der Waals surface area contributed by atoms with Gasteiger partial charge >= 0.3 is 0 Å². The molecule has 142 valence electrons. The number of hydrogen-bond donors (Lipinski definition) is 3. The van der Waals surface area contributed by atoms with Gasteiger partial charge in [-0.15, -0.1) is 0 Å². The average Bonchev–Trinajstić information content (AvgIpc) is 2.71. The maximum atomic E-state index is 10.5. The molecule has 0 amide bonds. The van der Waals surface area contributed by atoms with Crippen LogP contribution in [0.15, 0.2) is 18.7 Å². The van der Waals surface area contributed by atoms with Crippen molar-refractivity contribution in [3.05, 3.63) is 18.7 Å². The van der Waals surface area contributed by atoms with Crippen LogP contribution in [0.2, 0.25) is 0 Å². The van der Waals surface area contributed by atoms with Crippen LogP contribution in [-0.4, -0.2) is 59.5 Å². The van der Waals surface area contributed by atoms with E-state index in [1.54, 1.807) is 27.9 Å². The summed E-state index contributed by atoms with van der Waals surface area (Å²) in [6.07, 6.45) is 5.72. The number of imidazole rings is 1. The van der Waals surface area contributed by atoms with Gasteiger partial charge < -0.3 is 4.55 Å². The first-order valence-corrected chi connectivity index (χ1v) is 10.9. The highest BCUT2D eigenvalue weighted by Crippen LogP contribution is 1.95. The number of nitrogens with zero attached hydrogens (tertiary/aromatic N) is 2. The molecule has 0 unspecified atom stereocenters. The quantitative estimate of drug-likeness (QED) is 0.253. The second kappa shape index (κ2) is 9.40. The van der Waals surface area contributed by atoms with Crippen molar-refractivity contribution in [3.8, 4) is 0 Å². The molecular weight excluding hydrogens is 392 g/mol. The lowest BCUT2D eigenvalue weighted by Crippen LogP contribution is -2.32. The predicted molar refractivity (Wildman–Crippen MR) is 79.0 cm³/mol. The molecular formula is C9H18N2O10S3. The lowest BCUT2D eigenvalue weighted by Gasteiger charge is -1.96. The molecule has 0 atom stereocenters. The van der Waals surface area contributed by atoms with Crippen molar-refractivity contribution in [3.63, 3.8) is 0 Å². The van der Waals surface area contributed by atoms with E-state index >= 15 is 0 Å². The maximum absolute atomic E-state index is 10.5. The Balaban J connectivity index is 0.000000922. The minimum Gasteiger partial charge on any atom is -0.726 e. The molecule has 0 aromatic carbocycles.